The number of ether oxygens (including phenoxy) is 5. The molecule has 0 unspecified atom stereocenters. The van der Waals surface area contributed by atoms with Crippen molar-refractivity contribution in [1.29, 1.82) is 0 Å². The first kappa shape index (κ1) is 22.4. The lowest BCUT2D eigenvalue weighted by Gasteiger charge is -2.18. The van der Waals surface area contributed by atoms with Gasteiger partial charge < -0.3 is 29.4 Å². The molecule has 35 heavy (non-hydrogen) atoms. The Morgan fingerprint density at radius 2 is 1.26 bits per heavy atom. The van der Waals surface area contributed by atoms with Crippen molar-refractivity contribution in [3.05, 3.63) is 54.6 Å². The molecule has 0 fully saturated rings. The number of nitrogen functional groups attached to an aromatic ring is 1. The Bertz CT molecular complexity index is 1570. The standard InChI is InChI=1S/C28H26N2O5/c1-31-17-6-8-19-15(10-17)11-21(16-12-23(33-3)27(35-5)24(13-16)34-4)25-22-14-18(32-2)7-9-20(22)28(29)30-26(19)25/h6-14H,1-5H3,(H2,29,30). The molecule has 0 aliphatic carbocycles. The predicted octanol–water partition coefficient (Wildman–Crippen LogP) is 5.83. The van der Waals surface area contributed by atoms with Crippen LogP contribution in [-0.4, -0.2) is 40.5 Å². The highest BCUT2D eigenvalue weighted by molar-refractivity contribution is 6.23. The van der Waals surface area contributed by atoms with Crippen LogP contribution < -0.4 is 29.4 Å². The number of pyridine rings is 1. The highest BCUT2D eigenvalue weighted by Gasteiger charge is 2.20. The smallest absolute Gasteiger partial charge is 0.203 e. The van der Waals surface area contributed by atoms with Gasteiger partial charge in [-0.05, 0) is 76.5 Å². The van der Waals surface area contributed by atoms with Gasteiger partial charge in [0, 0.05) is 16.2 Å². The first-order valence-corrected chi connectivity index (χ1v) is 11.0. The maximum atomic E-state index is 6.45. The fourth-order valence-electron chi connectivity index (χ4n) is 4.61. The van der Waals surface area contributed by atoms with Gasteiger partial charge in [0.2, 0.25) is 5.75 Å². The van der Waals surface area contributed by atoms with E-state index in [4.69, 9.17) is 34.4 Å². The summed E-state index contributed by atoms with van der Waals surface area (Å²) in [5.41, 5.74) is 9.05. The van der Waals surface area contributed by atoms with E-state index in [-0.39, 0.29) is 0 Å². The summed E-state index contributed by atoms with van der Waals surface area (Å²) in [5, 5.41) is 4.66. The molecule has 7 heteroatoms. The van der Waals surface area contributed by atoms with E-state index in [9.17, 15) is 0 Å². The molecule has 0 saturated heterocycles. The Morgan fingerprint density at radius 1 is 0.629 bits per heavy atom. The van der Waals surface area contributed by atoms with Gasteiger partial charge in [-0.25, -0.2) is 4.98 Å². The third kappa shape index (κ3) is 3.56. The van der Waals surface area contributed by atoms with Gasteiger partial charge >= 0.3 is 0 Å². The van der Waals surface area contributed by atoms with Crippen LogP contribution in [0.3, 0.4) is 0 Å². The van der Waals surface area contributed by atoms with E-state index in [1.807, 2.05) is 48.5 Å². The lowest BCUT2D eigenvalue weighted by atomic mass is 9.92. The van der Waals surface area contributed by atoms with Gasteiger partial charge in [0.1, 0.15) is 17.3 Å². The molecule has 178 valence electrons. The molecule has 0 saturated carbocycles. The van der Waals surface area contributed by atoms with Crippen molar-refractivity contribution < 1.29 is 23.7 Å². The molecular weight excluding hydrogens is 444 g/mol. The van der Waals surface area contributed by atoms with Crippen LogP contribution in [0, 0.1) is 0 Å². The molecule has 0 aliphatic heterocycles. The maximum Gasteiger partial charge on any atom is 0.203 e. The zero-order valence-corrected chi connectivity index (χ0v) is 20.3. The predicted molar refractivity (Wildman–Crippen MR) is 139 cm³/mol. The molecule has 5 aromatic rings. The lowest BCUT2D eigenvalue weighted by molar-refractivity contribution is 0.324. The number of nitrogens with zero attached hydrogens (tertiary/aromatic N) is 1. The SMILES string of the molecule is COc1ccc2c(c1)cc(-c1cc(OC)c(OC)c(OC)c1)c1c3cc(OC)ccc3c(N)nc21. The first-order valence-electron chi connectivity index (χ1n) is 11.0. The number of anilines is 1. The van der Waals surface area contributed by atoms with Crippen molar-refractivity contribution in [2.45, 2.75) is 0 Å². The van der Waals surface area contributed by atoms with Crippen molar-refractivity contribution in [2.24, 2.45) is 0 Å². The Kier molecular flexibility index (Phi) is 5.61. The molecule has 5 rings (SSSR count). The Hall–Kier alpha value is -4.39. The summed E-state index contributed by atoms with van der Waals surface area (Å²) >= 11 is 0. The van der Waals surface area contributed by atoms with Crippen molar-refractivity contribution in [2.75, 3.05) is 41.3 Å². The zero-order chi connectivity index (χ0) is 24.7. The Balaban J connectivity index is 2.00. The largest absolute Gasteiger partial charge is 0.497 e. The van der Waals surface area contributed by atoms with E-state index in [2.05, 4.69) is 6.07 Å². The minimum atomic E-state index is 0.453. The zero-order valence-electron chi connectivity index (χ0n) is 20.3. The number of hydrogen-bond acceptors (Lipinski definition) is 7. The third-order valence-electron chi connectivity index (χ3n) is 6.30. The van der Waals surface area contributed by atoms with Crippen LogP contribution in [0.1, 0.15) is 0 Å². The molecule has 1 heterocycles. The number of methoxy groups -OCH3 is 5. The van der Waals surface area contributed by atoms with E-state index < -0.39 is 0 Å². The average molecular weight is 471 g/mol. The van der Waals surface area contributed by atoms with Crippen LogP contribution in [-0.2, 0) is 0 Å². The fourth-order valence-corrected chi connectivity index (χ4v) is 4.61. The number of fused-ring (bicyclic) bond motifs is 5. The average Bonchev–Trinajstić information content (AvgIpc) is 2.90. The van der Waals surface area contributed by atoms with E-state index in [1.165, 1.54) is 0 Å². The Labute approximate surface area is 202 Å². The molecule has 0 aliphatic rings. The summed E-state index contributed by atoms with van der Waals surface area (Å²) in [6, 6.07) is 17.7. The highest BCUT2D eigenvalue weighted by Crippen LogP contribution is 2.46. The molecular formula is C28H26N2O5. The molecule has 0 atom stereocenters. The van der Waals surface area contributed by atoms with Crippen molar-refractivity contribution in [1.82, 2.24) is 4.98 Å². The van der Waals surface area contributed by atoms with Crippen LogP contribution in [0.2, 0.25) is 0 Å². The Morgan fingerprint density at radius 3 is 1.86 bits per heavy atom. The first-order chi connectivity index (χ1) is 17.0. The molecule has 1 aromatic heterocycles. The summed E-state index contributed by atoms with van der Waals surface area (Å²) in [5.74, 6) is 3.59. The fraction of sp³-hybridized carbons (Fsp3) is 0.179. The third-order valence-corrected chi connectivity index (χ3v) is 6.30. The van der Waals surface area contributed by atoms with E-state index in [1.54, 1.807) is 35.5 Å². The van der Waals surface area contributed by atoms with E-state index in [0.29, 0.717) is 23.1 Å². The molecule has 4 aromatic carbocycles. The number of rotatable bonds is 6. The monoisotopic (exact) mass is 470 g/mol. The van der Waals surface area contributed by atoms with Gasteiger partial charge in [-0.1, -0.05) is 0 Å². The minimum absolute atomic E-state index is 0.453. The number of hydrogen-bond donors (Lipinski definition) is 1. The van der Waals surface area contributed by atoms with Gasteiger partial charge in [-0.2, -0.15) is 0 Å². The minimum Gasteiger partial charge on any atom is -0.497 e. The second kappa shape index (κ2) is 8.76. The molecule has 7 nitrogen and oxygen atoms in total. The summed E-state index contributed by atoms with van der Waals surface area (Å²) in [7, 11) is 8.10. The van der Waals surface area contributed by atoms with Crippen LogP contribution in [0.15, 0.2) is 54.6 Å². The number of aromatic nitrogens is 1. The molecule has 2 N–H and O–H groups in total. The van der Waals surface area contributed by atoms with Crippen LogP contribution in [0.25, 0.3) is 43.6 Å². The van der Waals surface area contributed by atoms with Gasteiger partial charge in [-0.3, -0.25) is 0 Å². The molecule has 0 radical (unpaired) electrons. The summed E-state index contributed by atoms with van der Waals surface area (Å²) in [6.07, 6.45) is 0. The summed E-state index contributed by atoms with van der Waals surface area (Å²) < 4.78 is 27.9. The van der Waals surface area contributed by atoms with Crippen molar-refractivity contribution in [3.63, 3.8) is 0 Å². The van der Waals surface area contributed by atoms with Crippen LogP contribution >= 0.6 is 0 Å². The number of nitrogens with two attached hydrogens (primary N) is 1. The molecule has 0 spiro atoms. The van der Waals surface area contributed by atoms with E-state index in [0.717, 1.165) is 55.1 Å². The van der Waals surface area contributed by atoms with Crippen LogP contribution in [0.4, 0.5) is 5.82 Å². The lowest BCUT2D eigenvalue weighted by Crippen LogP contribution is -1.98. The topological polar surface area (TPSA) is 85.1 Å². The van der Waals surface area contributed by atoms with Crippen molar-refractivity contribution in [3.8, 4) is 39.9 Å². The molecule has 0 bridgehead atoms. The quantitative estimate of drug-likeness (QED) is 0.312. The second-order valence-electron chi connectivity index (χ2n) is 8.06. The van der Waals surface area contributed by atoms with Crippen molar-refractivity contribution >= 4 is 38.3 Å². The van der Waals surface area contributed by atoms with E-state index >= 15 is 0 Å². The molecule has 0 amide bonds. The van der Waals surface area contributed by atoms with Crippen LogP contribution in [0.5, 0.6) is 28.7 Å². The van der Waals surface area contributed by atoms with Gasteiger partial charge in [-0.15, -0.1) is 0 Å². The summed E-state index contributed by atoms with van der Waals surface area (Å²) in [6.45, 7) is 0. The van der Waals surface area contributed by atoms with Gasteiger partial charge in [0.05, 0.1) is 41.1 Å². The van der Waals surface area contributed by atoms with Gasteiger partial charge in [0.15, 0.2) is 11.5 Å². The maximum absolute atomic E-state index is 6.45. The summed E-state index contributed by atoms with van der Waals surface area (Å²) in [4.78, 5) is 4.86. The normalized spacial score (nSPS) is 11.1. The highest BCUT2D eigenvalue weighted by atomic mass is 16.5. The van der Waals surface area contributed by atoms with Gasteiger partial charge in [0.25, 0.3) is 0 Å². The number of benzene rings is 4. The second-order valence-corrected chi connectivity index (χ2v) is 8.06.